The Labute approximate surface area is 185 Å². The molecular formula is C29H31NO. The number of fused-ring (bicyclic) bond motifs is 3. The van der Waals surface area contributed by atoms with Gasteiger partial charge in [-0.1, -0.05) is 91.0 Å². The van der Waals surface area contributed by atoms with Crippen molar-refractivity contribution in [2.75, 3.05) is 14.1 Å². The Bertz CT molecular complexity index is 979. The van der Waals surface area contributed by atoms with Gasteiger partial charge in [-0.2, -0.15) is 0 Å². The van der Waals surface area contributed by atoms with Gasteiger partial charge in [0.05, 0.1) is 0 Å². The molecule has 158 valence electrons. The van der Waals surface area contributed by atoms with Gasteiger partial charge >= 0.3 is 0 Å². The van der Waals surface area contributed by atoms with Crippen molar-refractivity contribution < 1.29 is 4.79 Å². The molecule has 3 atom stereocenters. The van der Waals surface area contributed by atoms with E-state index in [9.17, 15) is 4.79 Å². The quantitative estimate of drug-likeness (QED) is 0.538. The maximum Gasteiger partial charge on any atom is 0.142 e. The summed E-state index contributed by atoms with van der Waals surface area (Å²) in [6.07, 6.45) is 2.92. The molecule has 0 aromatic heterocycles. The predicted molar refractivity (Wildman–Crippen MR) is 126 cm³/mol. The highest BCUT2D eigenvalue weighted by molar-refractivity contribution is 5.89. The molecule has 2 heteroatoms. The van der Waals surface area contributed by atoms with Crippen LogP contribution in [-0.2, 0) is 11.2 Å². The first kappa shape index (κ1) is 20.2. The van der Waals surface area contributed by atoms with Crippen molar-refractivity contribution in [1.82, 2.24) is 4.90 Å². The van der Waals surface area contributed by atoms with E-state index in [0.29, 0.717) is 5.78 Å². The maximum atomic E-state index is 14.2. The fraction of sp³-hybridized carbons (Fsp3) is 0.345. The van der Waals surface area contributed by atoms with Crippen molar-refractivity contribution in [2.45, 2.75) is 36.6 Å². The van der Waals surface area contributed by atoms with Crippen molar-refractivity contribution in [1.29, 1.82) is 0 Å². The van der Waals surface area contributed by atoms with Crippen LogP contribution in [0.4, 0.5) is 0 Å². The van der Waals surface area contributed by atoms with E-state index in [0.717, 1.165) is 19.3 Å². The zero-order chi connectivity index (χ0) is 21.4. The molecule has 3 unspecified atom stereocenters. The second-order valence-electron chi connectivity index (χ2n) is 9.61. The van der Waals surface area contributed by atoms with Crippen LogP contribution in [0.25, 0.3) is 0 Å². The Balaban J connectivity index is 1.62. The molecule has 3 saturated carbocycles. The summed E-state index contributed by atoms with van der Waals surface area (Å²) in [5.74, 6) is 1.07. The summed E-state index contributed by atoms with van der Waals surface area (Å²) in [5, 5.41) is 0. The van der Waals surface area contributed by atoms with E-state index in [1.165, 1.54) is 16.7 Å². The van der Waals surface area contributed by atoms with E-state index >= 15 is 0 Å². The van der Waals surface area contributed by atoms with Crippen LogP contribution in [0.2, 0.25) is 0 Å². The number of benzene rings is 3. The second-order valence-corrected chi connectivity index (χ2v) is 9.61. The third-order valence-corrected chi connectivity index (χ3v) is 7.96. The molecule has 0 heterocycles. The zero-order valence-electron chi connectivity index (χ0n) is 18.4. The Morgan fingerprint density at radius 1 is 0.742 bits per heavy atom. The number of hydrogen-bond donors (Lipinski definition) is 0. The van der Waals surface area contributed by atoms with Crippen LogP contribution in [0.1, 0.15) is 41.4 Å². The molecule has 0 saturated heterocycles. The Hall–Kier alpha value is -2.71. The Morgan fingerprint density at radius 2 is 1.19 bits per heavy atom. The Kier molecular flexibility index (Phi) is 5.27. The summed E-state index contributed by atoms with van der Waals surface area (Å²) in [7, 11) is 4.36. The highest BCUT2D eigenvalue weighted by atomic mass is 16.1. The third-order valence-electron chi connectivity index (χ3n) is 7.96. The van der Waals surface area contributed by atoms with E-state index in [-0.39, 0.29) is 29.2 Å². The molecule has 2 bridgehead atoms. The smallest absolute Gasteiger partial charge is 0.142 e. The lowest BCUT2D eigenvalue weighted by molar-refractivity contribution is -0.149. The monoisotopic (exact) mass is 409 g/mol. The van der Waals surface area contributed by atoms with Gasteiger partial charge in [-0.15, -0.1) is 0 Å². The van der Waals surface area contributed by atoms with E-state index in [1.54, 1.807) is 0 Å². The molecule has 6 rings (SSSR count). The van der Waals surface area contributed by atoms with E-state index in [4.69, 9.17) is 0 Å². The first-order valence-corrected chi connectivity index (χ1v) is 11.4. The topological polar surface area (TPSA) is 20.3 Å². The molecule has 0 amide bonds. The highest BCUT2D eigenvalue weighted by Gasteiger charge is 2.61. The minimum atomic E-state index is -0.136. The van der Waals surface area contributed by atoms with Gasteiger partial charge in [-0.25, -0.2) is 0 Å². The average Bonchev–Trinajstić information content (AvgIpc) is 2.82. The fourth-order valence-electron chi connectivity index (χ4n) is 6.43. The summed E-state index contributed by atoms with van der Waals surface area (Å²) < 4.78 is 0. The molecule has 3 fully saturated rings. The predicted octanol–water partition coefficient (Wildman–Crippen LogP) is 5.71. The standard InChI is InChI=1S/C29H31NO/c1-30(2)29-19-24(22-14-8-4-9-15-22)27(25(20-29)23-16-10-5-11-17-23)28(31)26(29)18-21-12-6-3-7-13-21/h3-17,24-27H,18-20H2,1-2H3. The van der Waals surface area contributed by atoms with Gasteiger partial charge in [0.2, 0.25) is 0 Å². The molecule has 31 heavy (non-hydrogen) atoms. The Morgan fingerprint density at radius 3 is 1.65 bits per heavy atom. The van der Waals surface area contributed by atoms with Gasteiger partial charge in [0.15, 0.2) is 0 Å². The van der Waals surface area contributed by atoms with Gasteiger partial charge in [0, 0.05) is 17.4 Å². The van der Waals surface area contributed by atoms with Crippen molar-refractivity contribution in [2.24, 2.45) is 11.8 Å². The molecule has 0 radical (unpaired) electrons. The molecular weight excluding hydrogens is 378 g/mol. The largest absolute Gasteiger partial charge is 0.303 e. The number of nitrogens with zero attached hydrogens (tertiary/aromatic N) is 1. The summed E-state index contributed by atoms with van der Waals surface area (Å²) in [6.45, 7) is 0. The van der Waals surface area contributed by atoms with Gasteiger partial charge < -0.3 is 4.90 Å². The minimum absolute atomic E-state index is 0.0369. The highest BCUT2D eigenvalue weighted by Crippen LogP contribution is 2.60. The van der Waals surface area contributed by atoms with Crippen LogP contribution in [0.5, 0.6) is 0 Å². The first-order valence-electron chi connectivity index (χ1n) is 11.4. The number of Topliss-reactive ketones (excluding diaryl/α,β-unsaturated/α-hetero) is 1. The lowest BCUT2D eigenvalue weighted by atomic mass is 9.48. The fourth-order valence-corrected chi connectivity index (χ4v) is 6.43. The first-order chi connectivity index (χ1) is 15.1. The van der Waals surface area contributed by atoms with Crippen molar-refractivity contribution in [3.8, 4) is 0 Å². The summed E-state index contributed by atoms with van der Waals surface area (Å²) >= 11 is 0. The molecule has 3 aromatic carbocycles. The average molecular weight is 410 g/mol. The van der Waals surface area contributed by atoms with Crippen LogP contribution in [0, 0.1) is 11.8 Å². The number of hydrogen-bond acceptors (Lipinski definition) is 2. The molecule has 2 nitrogen and oxygen atoms in total. The maximum absolute atomic E-state index is 14.2. The number of carbonyl (C=O) groups is 1. The number of carbonyl (C=O) groups excluding carboxylic acids is 1. The van der Waals surface area contributed by atoms with Gasteiger partial charge in [0.25, 0.3) is 0 Å². The van der Waals surface area contributed by atoms with Gasteiger partial charge in [-0.3, -0.25) is 4.79 Å². The zero-order valence-corrected chi connectivity index (χ0v) is 18.4. The molecule has 0 spiro atoms. The van der Waals surface area contributed by atoms with E-state index in [1.807, 2.05) is 0 Å². The SMILES string of the molecule is CN(C)C12CC(c3ccccc3)C(C(=O)C1Cc1ccccc1)C(c1ccccc1)C2. The molecule has 3 aliphatic carbocycles. The molecule has 3 aromatic rings. The van der Waals surface area contributed by atoms with Crippen LogP contribution in [0.15, 0.2) is 91.0 Å². The lowest BCUT2D eigenvalue weighted by Crippen LogP contribution is -2.65. The van der Waals surface area contributed by atoms with Crippen LogP contribution < -0.4 is 0 Å². The van der Waals surface area contributed by atoms with Crippen molar-refractivity contribution in [3.63, 3.8) is 0 Å². The van der Waals surface area contributed by atoms with Crippen molar-refractivity contribution >= 4 is 5.78 Å². The van der Waals surface area contributed by atoms with Crippen LogP contribution in [0.3, 0.4) is 0 Å². The summed E-state index contributed by atoms with van der Waals surface area (Å²) in [6, 6.07) is 32.0. The molecule has 0 N–H and O–H groups in total. The van der Waals surface area contributed by atoms with Crippen LogP contribution >= 0.6 is 0 Å². The van der Waals surface area contributed by atoms with Crippen LogP contribution in [-0.4, -0.2) is 30.3 Å². The van der Waals surface area contributed by atoms with E-state index < -0.39 is 0 Å². The number of rotatable bonds is 5. The summed E-state index contributed by atoms with van der Waals surface area (Å²) in [4.78, 5) is 16.6. The van der Waals surface area contributed by atoms with Gasteiger partial charge in [0.1, 0.15) is 5.78 Å². The lowest BCUT2D eigenvalue weighted by Gasteiger charge is -2.60. The minimum Gasteiger partial charge on any atom is -0.303 e. The van der Waals surface area contributed by atoms with Gasteiger partial charge in [-0.05, 0) is 61.9 Å². The molecule has 0 aliphatic heterocycles. The van der Waals surface area contributed by atoms with Crippen molar-refractivity contribution in [3.05, 3.63) is 108 Å². The van der Waals surface area contributed by atoms with E-state index in [2.05, 4.69) is 110 Å². The number of ketones is 1. The molecule has 3 aliphatic rings. The normalized spacial score (nSPS) is 30.0. The third kappa shape index (κ3) is 3.43. The second kappa shape index (κ2) is 8.09. The summed E-state index contributed by atoms with van der Waals surface area (Å²) in [5.41, 5.74) is 3.75.